The first kappa shape index (κ1) is 13.7. The van der Waals surface area contributed by atoms with Crippen LogP contribution in [0.15, 0.2) is 11.4 Å². The van der Waals surface area contributed by atoms with Crippen molar-refractivity contribution in [3.63, 3.8) is 0 Å². The zero-order valence-electron chi connectivity index (χ0n) is 11.0. The van der Waals surface area contributed by atoms with Crippen molar-refractivity contribution in [1.82, 2.24) is 5.32 Å². The lowest BCUT2D eigenvalue weighted by atomic mass is 9.95. The summed E-state index contributed by atoms with van der Waals surface area (Å²) >= 11 is 1.81. The normalized spacial score (nSPS) is 14.1. The predicted molar refractivity (Wildman–Crippen MR) is 71.2 cm³/mol. The summed E-state index contributed by atoms with van der Waals surface area (Å²) in [6.07, 6.45) is 0.994. The number of nitrogens with one attached hydrogen (secondary N) is 1. The fourth-order valence-electron chi connectivity index (χ4n) is 1.78. The summed E-state index contributed by atoms with van der Waals surface area (Å²) in [6, 6.07) is 2.66. The van der Waals surface area contributed by atoms with Crippen LogP contribution in [-0.4, -0.2) is 19.3 Å². The second-order valence-electron chi connectivity index (χ2n) is 4.77. The SMILES string of the molecule is CCNC(CC(C)(C)OC)c1csc(C)c1. The molecule has 92 valence electrons. The Morgan fingerprint density at radius 2 is 2.19 bits per heavy atom. The molecule has 2 nitrogen and oxygen atoms in total. The third kappa shape index (κ3) is 3.89. The Morgan fingerprint density at radius 3 is 2.62 bits per heavy atom. The Bertz CT molecular complexity index is 319. The first-order chi connectivity index (χ1) is 7.48. The number of aryl methyl sites for hydroxylation is 1. The van der Waals surface area contributed by atoms with Gasteiger partial charge in [0.15, 0.2) is 0 Å². The first-order valence-corrected chi connectivity index (χ1v) is 6.70. The van der Waals surface area contributed by atoms with Crippen molar-refractivity contribution in [2.75, 3.05) is 13.7 Å². The molecule has 1 heterocycles. The Labute approximate surface area is 103 Å². The van der Waals surface area contributed by atoms with Crippen LogP contribution < -0.4 is 5.32 Å². The van der Waals surface area contributed by atoms with Gasteiger partial charge >= 0.3 is 0 Å². The number of hydrogen-bond acceptors (Lipinski definition) is 3. The summed E-state index contributed by atoms with van der Waals surface area (Å²) in [5.74, 6) is 0. The highest BCUT2D eigenvalue weighted by molar-refractivity contribution is 7.10. The number of thiophene rings is 1. The molecule has 0 amide bonds. The van der Waals surface area contributed by atoms with Crippen molar-refractivity contribution < 1.29 is 4.74 Å². The van der Waals surface area contributed by atoms with E-state index in [0.29, 0.717) is 6.04 Å². The first-order valence-electron chi connectivity index (χ1n) is 5.82. The molecule has 0 fully saturated rings. The van der Waals surface area contributed by atoms with Gasteiger partial charge in [-0.1, -0.05) is 6.92 Å². The molecule has 3 heteroatoms. The van der Waals surface area contributed by atoms with Gasteiger partial charge in [-0.25, -0.2) is 0 Å². The molecule has 0 aromatic carbocycles. The fourth-order valence-corrected chi connectivity index (χ4v) is 2.53. The van der Waals surface area contributed by atoms with E-state index in [1.54, 1.807) is 7.11 Å². The average Bonchev–Trinajstić information content (AvgIpc) is 2.64. The maximum absolute atomic E-state index is 5.51. The Morgan fingerprint density at radius 1 is 1.50 bits per heavy atom. The predicted octanol–water partition coefficient (Wildman–Crippen LogP) is 3.52. The van der Waals surface area contributed by atoms with Crippen LogP contribution in [0.4, 0.5) is 0 Å². The van der Waals surface area contributed by atoms with Crippen molar-refractivity contribution in [2.24, 2.45) is 0 Å². The molecule has 1 unspecified atom stereocenters. The van der Waals surface area contributed by atoms with Gasteiger partial charge in [0.05, 0.1) is 5.60 Å². The molecular weight excluding hydrogens is 218 g/mol. The van der Waals surface area contributed by atoms with Gasteiger partial charge < -0.3 is 10.1 Å². The zero-order valence-corrected chi connectivity index (χ0v) is 11.8. The molecule has 1 aromatic rings. The van der Waals surface area contributed by atoms with E-state index in [1.165, 1.54) is 10.4 Å². The third-order valence-electron chi connectivity index (χ3n) is 2.85. The van der Waals surface area contributed by atoms with Crippen LogP contribution in [-0.2, 0) is 4.74 Å². The second kappa shape index (κ2) is 5.80. The number of methoxy groups -OCH3 is 1. The zero-order chi connectivity index (χ0) is 12.2. The molecule has 1 N–H and O–H groups in total. The van der Waals surface area contributed by atoms with Gasteiger partial charge in [0, 0.05) is 18.0 Å². The van der Waals surface area contributed by atoms with Crippen molar-refractivity contribution >= 4 is 11.3 Å². The third-order valence-corrected chi connectivity index (χ3v) is 3.73. The van der Waals surface area contributed by atoms with Crippen molar-refractivity contribution in [3.05, 3.63) is 21.9 Å². The lowest BCUT2D eigenvalue weighted by Crippen LogP contribution is -2.31. The van der Waals surface area contributed by atoms with E-state index in [1.807, 2.05) is 11.3 Å². The fraction of sp³-hybridized carbons (Fsp3) is 0.692. The number of rotatable bonds is 6. The van der Waals surface area contributed by atoms with E-state index in [9.17, 15) is 0 Å². The van der Waals surface area contributed by atoms with Crippen LogP contribution in [0, 0.1) is 6.92 Å². The molecule has 0 radical (unpaired) electrons. The summed E-state index contributed by atoms with van der Waals surface area (Å²) in [7, 11) is 1.78. The van der Waals surface area contributed by atoms with Gasteiger partial charge in [0.25, 0.3) is 0 Å². The molecule has 0 saturated carbocycles. The molecule has 0 bridgehead atoms. The maximum Gasteiger partial charge on any atom is 0.0640 e. The van der Waals surface area contributed by atoms with Gasteiger partial charge in [-0.05, 0) is 50.7 Å². The quantitative estimate of drug-likeness (QED) is 0.822. The van der Waals surface area contributed by atoms with Crippen LogP contribution in [0.1, 0.15) is 43.7 Å². The molecule has 0 aliphatic rings. The molecule has 0 aliphatic carbocycles. The van der Waals surface area contributed by atoms with Gasteiger partial charge in [-0.3, -0.25) is 0 Å². The summed E-state index contributed by atoms with van der Waals surface area (Å²) < 4.78 is 5.51. The van der Waals surface area contributed by atoms with Crippen LogP contribution >= 0.6 is 11.3 Å². The van der Waals surface area contributed by atoms with Crippen molar-refractivity contribution in [2.45, 2.75) is 45.8 Å². The van der Waals surface area contributed by atoms with Crippen LogP contribution in [0.5, 0.6) is 0 Å². The Balaban J connectivity index is 2.75. The molecule has 0 spiro atoms. The molecule has 1 aromatic heterocycles. The van der Waals surface area contributed by atoms with Gasteiger partial charge in [0.1, 0.15) is 0 Å². The monoisotopic (exact) mass is 241 g/mol. The maximum atomic E-state index is 5.51. The summed E-state index contributed by atoms with van der Waals surface area (Å²) in [4.78, 5) is 1.37. The molecule has 0 aliphatic heterocycles. The van der Waals surface area contributed by atoms with Crippen molar-refractivity contribution in [3.8, 4) is 0 Å². The molecule has 1 atom stereocenters. The van der Waals surface area contributed by atoms with Gasteiger partial charge in [0.2, 0.25) is 0 Å². The highest BCUT2D eigenvalue weighted by atomic mass is 32.1. The number of hydrogen-bond donors (Lipinski definition) is 1. The largest absolute Gasteiger partial charge is 0.379 e. The van der Waals surface area contributed by atoms with Crippen molar-refractivity contribution in [1.29, 1.82) is 0 Å². The van der Waals surface area contributed by atoms with E-state index in [0.717, 1.165) is 13.0 Å². The van der Waals surface area contributed by atoms with Gasteiger partial charge in [-0.15, -0.1) is 11.3 Å². The minimum Gasteiger partial charge on any atom is -0.379 e. The summed E-state index contributed by atoms with van der Waals surface area (Å²) in [5, 5.41) is 5.77. The number of ether oxygens (including phenoxy) is 1. The van der Waals surface area contributed by atoms with E-state index >= 15 is 0 Å². The Hall–Kier alpha value is -0.380. The molecule has 1 rings (SSSR count). The second-order valence-corrected chi connectivity index (χ2v) is 5.88. The average molecular weight is 241 g/mol. The smallest absolute Gasteiger partial charge is 0.0640 e. The van der Waals surface area contributed by atoms with E-state index in [-0.39, 0.29) is 5.60 Å². The Kier molecular flexibility index (Phi) is 4.96. The summed E-state index contributed by atoms with van der Waals surface area (Å²) in [6.45, 7) is 9.55. The van der Waals surface area contributed by atoms with E-state index < -0.39 is 0 Å². The van der Waals surface area contributed by atoms with Gasteiger partial charge in [-0.2, -0.15) is 0 Å². The highest BCUT2D eigenvalue weighted by Gasteiger charge is 2.23. The standard InChI is InChI=1S/C13H23NOS/c1-6-14-12(8-13(3,4)15-5)11-7-10(2)16-9-11/h7,9,12,14H,6,8H2,1-5H3. The minimum atomic E-state index is -0.0807. The molecule has 0 saturated heterocycles. The van der Waals surface area contributed by atoms with Crippen LogP contribution in [0.2, 0.25) is 0 Å². The highest BCUT2D eigenvalue weighted by Crippen LogP contribution is 2.28. The molecular formula is C13H23NOS. The minimum absolute atomic E-state index is 0.0807. The topological polar surface area (TPSA) is 21.3 Å². The lowest BCUT2D eigenvalue weighted by molar-refractivity contribution is 0.00700. The van der Waals surface area contributed by atoms with E-state index in [4.69, 9.17) is 4.74 Å². The van der Waals surface area contributed by atoms with Crippen LogP contribution in [0.25, 0.3) is 0 Å². The van der Waals surface area contributed by atoms with E-state index in [2.05, 4.69) is 44.5 Å². The lowest BCUT2D eigenvalue weighted by Gasteiger charge is -2.28. The summed E-state index contributed by atoms with van der Waals surface area (Å²) in [5.41, 5.74) is 1.30. The molecule has 16 heavy (non-hydrogen) atoms. The van der Waals surface area contributed by atoms with Crippen LogP contribution in [0.3, 0.4) is 0 Å².